The van der Waals surface area contributed by atoms with Crippen LogP contribution in [0.5, 0.6) is 0 Å². The number of aryl methyl sites for hydroxylation is 2. The van der Waals surface area contributed by atoms with Crippen molar-refractivity contribution < 1.29 is 9.59 Å². The molecule has 114 valence electrons. The number of nitrogens with one attached hydrogen (secondary N) is 1. The van der Waals surface area contributed by atoms with E-state index in [9.17, 15) is 9.59 Å². The summed E-state index contributed by atoms with van der Waals surface area (Å²) in [5.74, 6) is 0.0415. The van der Waals surface area contributed by atoms with Crippen molar-refractivity contribution in [3.63, 3.8) is 0 Å². The van der Waals surface area contributed by atoms with E-state index in [2.05, 4.69) is 16.3 Å². The van der Waals surface area contributed by atoms with Gasteiger partial charge in [0.2, 0.25) is 12.3 Å². The van der Waals surface area contributed by atoms with E-state index in [1.54, 1.807) is 4.90 Å². The van der Waals surface area contributed by atoms with E-state index >= 15 is 0 Å². The molecule has 0 saturated carbocycles. The fourth-order valence-electron chi connectivity index (χ4n) is 2.52. The topological polar surface area (TPSA) is 52.7 Å². The van der Waals surface area contributed by atoms with Gasteiger partial charge in [-0.2, -0.15) is 0 Å². The first-order chi connectivity index (χ1) is 10.1. The van der Waals surface area contributed by atoms with Crippen molar-refractivity contribution in [1.29, 1.82) is 0 Å². The van der Waals surface area contributed by atoms with Gasteiger partial charge in [-0.15, -0.1) is 0 Å². The number of hydrogen-bond donors (Lipinski definition) is 1. The molecule has 1 aliphatic heterocycles. The Kier molecular flexibility index (Phi) is 5.33. The highest BCUT2D eigenvalue weighted by atomic mass is 16.1. The minimum atomic E-state index is 0.0415. The summed E-state index contributed by atoms with van der Waals surface area (Å²) in [6, 6.07) is 6.01. The van der Waals surface area contributed by atoms with Crippen LogP contribution in [0, 0.1) is 13.8 Å². The highest BCUT2D eigenvalue weighted by Gasteiger charge is 2.16. The largest absolute Gasteiger partial charge is 0.343 e. The Morgan fingerprint density at radius 2 is 1.95 bits per heavy atom. The van der Waals surface area contributed by atoms with Gasteiger partial charge in [-0.1, -0.05) is 17.7 Å². The molecule has 1 aromatic rings. The fourth-order valence-corrected chi connectivity index (χ4v) is 2.52. The van der Waals surface area contributed by atoms with E-state index in [0.29, 0.717) is 6.42 Å². The van der Waals surface area contributed by atoms with Gasteiger partial charge in [0.25, 0.3) is 0 Å². The van der Waals surface area contributed by atoms with Crippen molar-refractivity contribution in [2.45, 2.75) is 20.3 Å². The highest BCUT2D eigenvalue weighted by Crippen LogP contribution is 2.16. The number of carbonyl (C=O) groups is 2. The summed E-state index contributed by atoms with van der Waals surface area (Å²) in [4.78, 5) is 26.6. The number of carbonyl (C=O) groups excluding carboxylic acids is 2. The van der Waals surface area contributed by atoms with Gasteiger partial charge in [-0.05, 0) is 25.5 Å². The average molecular weight is 289 g/mol. The van der Waals surface area contributed by atoms with Crippen LogP contribution in [0.4, 0.5) is 5.69 Å². The maximum absolute atomic E-state index is 12.0. The molecule has 0 bridgehead atoms. The first kappa shape index (κ1) is 15.5. The quantitative estimate of drug-likeness (QED) is 0.834. The number of hydrogen-bond acceptors (Lipinski definition) is 3. The van der Waals surface area contributed by atoms with Crippen molar-refractivity contribution in [3.05, 3.63) is 29.3 Å². The van der Waals surface area contributed by atoms with Gasteiger partial charge in [-0.25, -0.2) is 0 Å². The molecule has 21 heavy (non-hydrogen) atoms. The maximum Gasteiger partial charge on any atom is 0.225 e. The zero-order valence-electron chi connectivity index (χ0n) is 12.8. The molecule has 0 atom stereocenters. The van der Waals surface area contributed by atoms with Gasteiger partial charge in [-0.3, -0.25) is 14.5 Å². The van der Waals surface area contributed by atoms with Gasteiger partial charge in [0.15, 0.2) is 0 Å². The van der Waals surface area contributed by atoms with Gasteiger partial charge in [0.05, 0.1) is 0 Å². The van der Waals surface area contributed by atoms with Crippen molar-refractivity contribution in [1.82, 2.24) is 9.80 Å². The van der Waals surface area contributed by atoms with E-state index in [-0.39, 0.29) is 5.91 Å². The summed E-state index contributed by atoms with van der Waals surface area (Å²) < 4.78 is 0. The van der Waals surface area contributed by atoms with Gasteiger partial charge in [0.1, 0.15) is 0 Å². The number of piperazine rings is 1. The molecule has 1 aliphatic rings. The Balaban J connectivity index is 1.76. The molecule has 0 spiro atoms. The van der Waals surface area contributed by atoms with Crippen LogP contribution in [0.3, 0.4) is 0 Å². The number of amides is 2. The number of nitrogens with zero attached hydrogens (tertiary/aromatic N) is 2. The lowest BCUT2D eigenvalue weighted by Crippen LogP contribution is -2.46. The van der Waals surface area contributed by atoms with Gasteiger partial charge >= 0.3 is 0 Å². The normalized spacial score (nSPS) is 15.8. The van der Waals surface area contributed by atoms with Crippen LogP contribution in [0.2, 0.25) is 0 Å². The predicted molar refractivity (Wildman–Crippen MR) is 83.2 cm³/mol. The lowest BCUT2D eigenvalue weighted by molar-refractivity contribution is -0.120. The first-order valence-electron chi connectivity index (χ1n) is 7.37. The molecule has 0 aliphatic carbocycles. The summed E-state index contributed by atoms with van der Waals surface area (Å²) in [5.41, 5.74) is 3.16. The molecule has 1 aromatic carbocycles. The molecule has 0 aromatic heterocycles. The Morgan fingerprint density at radius 1 is 1.24 bits per heavy atom. The monoisotopic (exact) mass is 289 g/mol. The summed E-state index contributed by atoms with van der Waals surface area (Å²) in [6.07, 6.45) is 1.37. The number of benzene rings is 1. The third-order valence-corrected chi connectivity index (χ3v) is 3.87. The van der Waals surface area contributed by atoms with E-state index < -0.39 is 0 Å². The molecule has 0 radical (unpaired) electrons. The molecular formula is C16H23N3O2. The molecule has 2 rings (SSSR count). The average Bonchev–Trinajstić information content (AvgIpc) is 2.48. The lowest BCUT2D eigenvalue weighted by atomic mass is 10.1. The van der Waals surface area contributed by atoms with Crippen molar-refractivity contribution in [2.24, 2.45) is 0 Å². The molecule has 2 amide bonds. The Labute approximate surface area is 125 Å². The van der Waals surface area contributed by atoms with Crippen LogP contribution in [0.25, 0.3) is 0 Å². The molecule has 1 fully saturated rings. The third-order valence-electron chi connectivity index (χ3n) is 3.87. The van der Waals surface area contributed by atoms with Crippen LogP contribution < -0.4 is 5.32 Å². The van der Waals surface area contributed by atoms with Gasteiger partial charge < -0.3 is 10.2 Å². The zero-order chi connectivity index (χ0) is 15.2. The van der Waals surface area contributed by atoms with Crippen LogP contribution in [0.15, 0.2) is 18.2 Å². The van der Waals surface area contributed by atoms with E-state index in [1.807, 2.05) is 26.0 Å². The van der Waals surface area contributed by atoms with E-state index in [1.165, 1.54) is 5.56 Å². The molecule has 1 heterocycles. The minimum absolute atomic E-state index is 0.0415. The summed E-state index contributed by atoms with van der Waals surface area (Å²) in [5, 5.41) is 2.96. The Hall–Kier alpha value is -1.88. The second-order valence-corrected chi connectivity index (χ2v) is 5.60. The first-order valence-corrected chi connectivity index (χ1v) is 7.37. The Morgan fingerprint density at radius 3 is 2.57 bits per heavy atom. The van der Waals surface area contributed by atoms with E-state index in [4.69, 9.17) is 0 Å². The van der Waals surface area contributed by atoms with Crippen LogP contribution in [0.1, 0.15) is 17.5 Å². The zero-order valence-corrected chi connectivity index (χ0v) is 12.8. The number of rotatable bonds is 5. The smallest absolute Gasteiger partial charge is 0.225 e. The molecule has 1 saturated heterocycles. The molecular weight excluding hydrogens is 266 g/mol. The lowest BCUT2D eigenvalue weighted by Gasteiger charge is -2.32. The van der Waals surface area contributed by atoms with Crippen LogP contribution >= 0.6 is 0 Å². The summed E-state index contributed by atoms with van der Waals surface area (Å²) >= 11 is 0. The van der Waals surface area contributed by atoms with Gasteiger partial charge in [0, 0.05) is 44.8 Å². The minimum Gasteiger partial charge on any atom is -0.343 e. The summed E-state index contributed by atoms with van der Waals surface area (Å²) in [6.45, 7) is 7.97. The number of anilines is 1. The van der Waals surface area contributed by atoms with Crippen molar-refractivity contribution >= 4 is 18.0 Å². The standard InChI is InChI=1S/C16H23N3O2/c1-13-3-4-15(14(2)11-13)17-16(21)5-6-18-7-9-19(12-20)10-8-18/h3-4,11-12H,5-10H2,1-2H3,(H,17,21). The molecule has 0 unspecified atom stereocenters. The van der Waals surface area contributed by atoms with Crippen molar-refractivity contribution in [2.75, 3.05) is 38.0 Å². The highest BCUT2D eigenvalue weighted by molar-refractivity contribution is 5.91. The van der Waals surface area contributed by atoms with Crippen LogP contribution in [-0.2, 0) is 9.59 Å². The Bertz CT molecular complexity index is 508. The molecule has 1 N–H and O–H groups in total. The fraction of sp³-hybridized carbons (Fsp3) is 0.500. The maximum atomic E-state index is 12.0. The third kappa shape index (κ3) is 4.56. The van der Waals surface area contributed by atoms with Crippen LogP contribution in [-0.4, -0.2) is 54.8 Å². The second-order valence-electron chi connectivity index (χ2n) is 5.60. The second kappa shape index (κ2) is 7.22. The molecule has 5 nitrogen and oxygen atoms in total. The predicted octanol–water partition coefficient (Wildman–Crippen LogP) is 1.41. The molecule has 5 heteroatoms. The SMILES string of the molecule is Cc1ccc(NC(=O)CCN2CCN(C=O)CC2)c(C)c1. The summed E-state index contributed by atoms with van der Waals surface area (Å²) in [7, 11) is 0. The van der Waals surface area contributed by atoms with Crippen molar-refractivity contribution in [3.8, 4) is 0 Å². The van der Waals surface area contributed by atoms with E-state index in [0.717, 1.165) is 50.4 Å².